The fraction of sp³-hybridized carbons (Fsp3) is 0.625. The summed E-state index contributed by atoms with van der Waals surface area (Å²) in [6, 6.07) is 10.8. The van der Waals surface area contributed by atoms with Crippen LogP contribution in [0.25, 0.3) is 0 Å². The minimum absolute atomic E-state index is 0.692. The zero-order chi connectivity index (χ0) is 13.3. The number of hydrogen-bond donors (Lipinski definition) is 1. The van der Waals surface area contributed by atoms with Crippen molar-refractivity contribution in [2.24, 2.45) is 0 Å². The molecule has 0 bridgehead atoms. The Morgan fingerprint density at radius 1 is 1.26 bits per heavy atom. The van der Waals surface area contributed by atoms with Crippen LogP contribution in [0.5, 0.6) is 5.75 Å². The monoisotopic (exact) mass is 262 g/mol. The van der Waals surface area contributed by atoms with Crippen molar-refractivity contribution in [1.29, 1.82) is 0 Å². The molecule has 1 aliphatic heterocycles. The third-order valence-electron chi connectivity index (χ3n) is 3.79. The smallest absolute Gasteiger partial charge is 0.119 e. The second-order valence-electron chi connectivity index (χ2n) is 5.20. The van der Waals surface area contributed by atoms with Crippen molar-refractivity contribution in [3.8, 4) is 5.75 Å². The standard InChI is InChI=1S/C16H26N2O/c1-2-15-9-12-18(11-6-10-17-15)13-14-19-16-7-4-3-5-8-16/h3-5,7-8,15,17H,2,6,9-14H2,1H3. The number of nitrogens with one attached hydrogen (secondary N) is 1. The first-order valence-corrected chi connectivity index (χ1v) is 7.52. The van der Waals surface area contributed by atoms with Gasteiger partial charge in [-0.15, -0.1) is 0 Å². The summed E-state index contributed by atoms with van der Waals surface area (Å²) in [5, 5.41) is 3.62. The van der Waals surface area contributed by atoms with E-state index in [4.69, 9.17) is 4.74 Å². The minimum atomic E-state index is 0.692. The third kappa shape index (κ3) is 5.21. The molecule has 1 saturated heterocycles. The van der Waals surface area contributed by atoms with Gasteiger partial charge >= 0.3 is 0 Å². The van der Waals surface area contributed by atoms with Gasteiger partial charge in [0.15, 0.2) is 0 Å². The fourth-order valence-corrected chi connectivity index (χ4v) is 2.54. The van der Waals surface area contributed by atoms with E-state index in [1.54, 1.807) is 0 Å². The van der Waals surface area contributed by atoms with E-state index in [-0.39, 0.29) is 0 Å². The lowest BCUT2D eigenvalue weighted by molar-refractivity contribution is 0.188. The highest BCUT2D eigenvalue weighted by Gasteiger charge is 2.13. The molecule has 0 amide bonds. The average Bonchev–Trinajstić information content (AvgIpc) is 2.43. The second-order valence-corrected chi connectivity index (χ2v) is 5.20. The van der Waals surface area contributed by atoms with Crippen molar-refractivity contribution in [1.82, 2.24) is 10.2 Å². The molecule has 1 aromatic rings. The molecule has 3 heteroatoms. The van der Waals surface area contributed by atoms with Crippen LogP contribution in [-0.4, -0.2) is 43.7 Å². The summed E-state index contributed by atoms with van der Waals surface area (Å²) in [6.45, 7) is 7.60. The van der Waals surface area contributed by atoms with Gasteiger partial charge in [-0.3, -0.25) is 4.90 Å². The number of nitrogens with zero attached hydrogens (tertiary/aromatic N) is 1. The molecule has 1 aromatic carbocycles. The summed E-state index contributed by atoms with van der Waals surface area (Å²) < 4.78 is 5.78. The lowest BCUT2D eigenvalue weighted by atomic mass is 10.1. The minimum Gasteiger partial charge on any atom is -0.492 e. The largest absolute Gasteiger partial charge is 0.492 e. The van der Waals surface area contributed by atoms with Crippen LogP contribution in [0.2, 0.25) is 0 Å². The van der Waals surface area contributed by atoms with Gasteiger partial charge in [-0.1, -0.05) is 25.1 Å². The summed E-state index contributed by atoms with van der Waals surface area (Å²) in [5.41, 5.74) is 0. The summed E-state index contributed by atoms with van der Waals surface area (Å²) >= 11 is 0. The van der Waals surface area contributed by atoms with Gasteiger partial charge in [0.25, 0.3) is 0 Å². The van der Waals surface area contributed by atoms with Crippen molar-refractivity contribution >= 4 is 0 Å². The van der Waals surface area contributed by atoms with Gasteiger partial charge in [0, 0.05) is 12.6 Å². The van der Waals surface area contributed by atoms with Crippen LogP contribution in [0, 0.1) is 0 Å². The zero-order valence-electron chi connectivity index (χ0n) is 12.0. The molecular weight excluding hydrogens is 236 g/mol. The molecule has 0 aromatic heterocycles. The molecule has 1 heterocycles. The molecule has 0 spiro atoms. The number of ether oxygens (including phenoxy) is 1. The Morgan fingerprint density at radius 3 is 2.89 bits per heavy atom. The highest BCUT2D eigenvalue weighted by Crippen LogP contribution is 2.09. The van der Waals surface area contributed by atoms with Crippen LogP contribution in [0.4, 0.5) is 0 Å². The predicted molar refractivity (Wildman–Crippen MR) is 79.7 cm³/mol. The first-order valence-electron chi connectivity index (χ1n) is 7.52. The molecule has 1 N–H and O–H groups in total. The molecule has 3 nitrogen and oxygen atoms in total. The van der Waals surface area contributed by atoms with Crippen LogP contribution in [0.3, 0.4) is 0 Å². The Kier molecular flexibility index (Phi) is 6.18. The number of hydrogen-bond acceptors (Lipinski definition) is 3. The van der Waals surface area contributed by atoms with Gasteiger partial charge in [-0.2, -0.15) is 0 Å². The normalized spacial score (nSPS) is 21.6. The molecular formula is C16H26N2O. The first kappa shape index (κ1) is 14.4. The maximum atomic E-state index is 5.78. The Hall–Kier alpha value is -1.06. The van der Waals surface area contributed by atoms with Crippen LogP contribution in [-0.2, 0) is 0 Å². The van der Waals surface area contributed by atoms with Crippen molar-refractivity contribution in [3.63, 3.8) is 0 Å². The third-order valence-corrected chi connectivity index (χ3v) is 3.79. The van der Waals surface area contributed by atoms with Gasteiger partial charge in [-0.25, -0.2) is 0 Å². The van der Waals surface area contributed by atoms with E-state index in [0.29, 0.717) is 6.04 Å². The molecule has 0 radical (unpaired) electrons. The van der Waals surface area contributed by atoms with Gasteiger partial charge in [0.1, 0.15) is 12.4 Å². The van der Waals surface area contributed by atoms with E-state index in [1.807, 2.05) is 30.3 Å². The van der Waals surface area contributed by atoms with Gasteiger partial charge in [0.2, 0.25) is 0 Å². The lowest BCUT2D eigenvalue weighted by Crippen LogP contribution is -2.40. The molecule has 1 unspecified atom stereocenters. The Labute approximate surface area is 116 Å². The SMILES string of the molecule is CCC1CCN(CCOc2ccccc2)CCCN1. The first-order chi connectivity index (χ1) is 9.38. The van der Waals surface area contributed by atoms with E-state index in [0.717, 1.165) is 25.4 Å². The molecule has 2 rings (SSSR count). The highest BCUT2D eigenvalue weighted by molar-refractivity contribution is 5.20. The molecule has 1 atom stereocenters. The predicted octanol–water partition coefficient (Wildman–Crippen LogP) is 2.53. The zero-order valence-corrected chi connectivity index (χ0v) is 12.0. The quantitative estimate of drug-likeness (QED) is 0.882. The Morgan fingerprint density at radius 2 is 2.11 bits per heavy atom. The summed E-state index contributed by atoms with van der Waals surface area (Å²) in [5.74, 6) is 0.975. The van der Waals surface area contributed by atoms with E-state index in [1.165, 1.54) is 32.4 Å². The Bertz CT molecular complexity index is 342. The van der Waals surface area contributed by atoms with Gasteiger partial charge in [-0.05, 0) is 51.0 Å². The maximum absolute atomic E-state index is 5.78. The van der Waals surface area contributed by atoms with Crippen molar-refractivity contribution in [2.45, 2.75) is 32.2 Å². The topological polar surface area (TPSA) is 24.5 Å². The molecule has 0 aliphatic carbocycles. The van der Waals surface area contributed by atoms with E-state index < -0.39 is 0 Å². The van der Waals surface area contributed by atoms with Crippen LogP contribution >= 0.6 is 0 Å². The number of para-hydroxylation sites is 1. The summed E-state index contributed by atoms with van der Waals surface area (Å²) in [4.78, 5) is 2.53. The van der Waals surface area contributed by atoms with Gasteiger partial charge < -0.3 is 10.1 Å². The van der Waals surface area contributed by atoms with Crippen molar-refractivity contribution < 1.29 is 4.74 Å². The molecule has 0 saturated carbocycles. The van der Waals surface area contributed by atoms with E-state index >= 15 is 0 Å². The Balaban J connectivity index is 1.69. The van der Waals surface area contributed by atoms with Crippen LogP contribution < -0.4 is 10.1 Å². The number of rotatable bonds is 5. The molecule has 1 fully saturated rings. The maximum Gasteiger partial charge on any atom is 0.119 e. The average molecular weight is 262 g/mol. The molecule has 106 valence electrons. The summed E-state index contributed by atoms with van der Waals surface area (Å²) in [6.07, 6.45) is 3.72. The van der Waals surface area contributed by atoms with E-state index in [9.17, 15) is 0 Å². The van der Waals surface area contributed by atoms with Crippen molar-refractivity contribution in [3.05, 3.63) is 30.3 Å². The second kappa shape index (κ2) is 8.18. The van der Waals surface area contributed by atoms with Gasteiger partial charge in [0.05, 0.1) is 0 Å². The lowest BCUT2D eigenvalue weighted by Gasteiger charge is -2.28. The summed E-state index contributed by atoms with van der Waals surface area (Å²) in [7, 11) is 0. The van der Waals surface area contributed by atoms with Crippen molar-refractivity contribution in [2.75, 3.05) is 32.8 Å². The van der Waals surface area contributed by atoms with Crippen LogP contribution in [0.15, 0.2) is 30.3 Å². The molecule has 1 aliphatic rings. The van der Waals surface area contributed by atoms with E-state index in [2.05, 4.69) is 17.1 Å². The van der Waals surface area contributed by atoms with Crippen LogP contribution in [0.1, 0.15) is 26.2 Å². The highest BCUT2D eigenvalue weighted by atomic mass is 16.5. The fourth-order valence-electron chi connectivity index (χ4n) is 2.54. The molecule has 19 heavy (non-hydrogen) atoms. The number of benzene rings is 1.